The number of hydrogen-bond donors (Lipinski definition) is 1. The van der Waals surface area contributed by atoms with Gasteiger partial charge >= 0.3 is 0 Å². The summed E-state index contributed by atoms with van der Waals surface area (Å²) in [5, 5.41) is 3.21. The van der Waals surface area contributed by atoms with E-state index in [2.05, 4.69) is 10.3 Å². The van der Waals surface area contributed by atoms with Crippen LogP contribution in [0.4, 0.5) is 5.69 Å². The highest BCUT2D eigenvalue weighted by Crippen LogP contribution is 2.33. The van der Waals surface area contributed by atoms with Gasteiger partial charge in [0.25, 0.3) is 11.8 Å². The van der Waals surface area contributed by atoms with E-state index >= 15 is 0 Å². The van der Waals surface area contributed by atoms with Crippen LogP contribution in [0.2, 0.25) is 0 Å². The Morgan fingerprint density at radius 2 is 1.73 bits per heavy atom. The van der Waals surface area contributed by atoms with Gasteiger partial charge in [0.1, 0.15) is 11.4 Å². The van der Waals surface area contributed by atoms with Gasteiger partial charge in [-0.3, -0.25) is 19.5 Å². The normalized spacial score (nSPS) is 13.6. The SMILES string of the molecule is CCCOc1cccc(NC2=C(c3ccc(C)c(C)c3)C(=O)N(Cc3ccncc3)C2=O)c1. The Kier molecular flexibility index (Phi) is 6.54. The molecular formula is C27H27N3O3. The van der Waals surface area contributed by atoms with E-state index in [9.17, 15) is 9.59 Å². The van der Waals surface area contributed by atoms with E-state index in [4.69, 9.17) is 4.74 Å². The van der Waals surface area contributed by atoms with Gasteiger partial charge in [0.15, 0.2) is 0 Å². The van der Waals surface area contributed by atoms with Crippen LogP contribution < -0.4 is 10.1 Å². The zero-order valence-corrected chi connectivity index (χ0v) is 19.1. The predicted molar refractivity (Wildman–Crippen MR) is 128 cm³/mol. The Morgan fingerprint density at radius 3 is 2.45 bits per heavy atom. The van der Waals surface area contributed by atoms with Crippen LogP contribution in [-0.2, 0) is 16.1 Å². The van der Waals surface area contributed by atoms with Gasteiger partial charge in [-0.05, 0) is 66.8 Å². The largest absolute Gasteiger partial charge is 0.494 e. The second kappa shape index (κ2) is 9.69. The maximum atomic E-state index is 13.5. The summed E-state index contributed by atoms with van der Waals surface area (Å²) in [6.07, 6.45) is 4.20. The molecular weight excluding hydrogens is 414 g/mol. The fraction of sp³-hybridized carbons (Fsp3) is 0.222. The predicted octanol–water partition coefficient (Wildman–Crippen LogP) is 4.88. The Balaban J connectivity index is 1.73. The van der Waals surface area contributed by atoms with Gasteiger partial charge < -0.3 is 10.1 Å². The number of ether oxygens (including phenoxy) is 1. The number of amides is 2. The van der Waals surface area contributed by atoms with E-state index in [0.29, 0.717) is 23.6 Å². The second-order valence-corrected chi connectivity index (χ2v) is 8.10. The standard InChI is InChI=1S/C27H27N3O3/c1-4-14-33-23-7-5-6-22(16-23)29-25-24(21-9-8-18(2)19(3)15-21)26(31)30(27(25)32)17-20-10-12-28-13-11-20/h5-13,15-16,29H,4,14,17H2,1-3H3. The number of rotatable bonds is 8. The molecule has 168 valence electrons. The summed E-state index contributed by atoms with van der Waals surface area (Å²) < 4.78 is 5.72. The molecule has 0 fully saturated rings. The quantitative estimate of drug-likeness (QED) is 0.505. The number of benzene rings is 2. The van der Waals surface area contributed by atoms with Gasteiger partial charge in [-0.2, -0.15) is 0 Å². The van der Waals surface area contributed by atoms with Crippen molar-refractivity contribution in [3.8, 4) is 5.75 Å². The Bertz CT molecular complexity index is 1220. The number of imide groups is 1. The number of hydrogen-bond acceptors (Lipinski definition) is 5. The maximum Gasteiger partial charge on any atom is 0.278 e. The first-order valence-corrected chi connectivity index (χ1v) is 11.0. The number of carbonyl (C=O) groups excluding carboxylic acids is 2. The Morgan fingerprint density at radius 1 is 0.939 bits per heavy atom. The van der Waals surface area contributed by atoms with Crippen LogP contribution in [0.25, 0.3) is 5.57 Å². The van der Waals surface area contributed by atoms with Crippen LogP contribution >= 0.6 is 0 Å². The molecule has 6 heteroatoms. The highest BCUT2D eigenvalue weighted by atomic mass is 16.5. The molecule has 0 saturated carbocycles. The molecule has 0 saturated heterocycles. The van der Waals surface area contributed by atoms with Gasteiger partial charge in [0.2, 0.25) is 0 Å². The summed E-state index contributed by atoms with van der Waals surface area (Å²) in [4.78, 5) is 32.2. The van der Waals surface area contributed by atoms with Gasteiger partial charge in [-0.25, -0.2) is 0 Å². The summed E-state index contributed by atoms with van der Waals surface area (Å²) in [6, 6.07) is 16.8. The molecule has 2 heterocycles. The molecule has 0 atom stereocenters. The van der Waals surface area contributed by atoms with Crippen LogP contribution in [0, 0.1) is 13.8 Å². The minimum Gasteiger partial charge on any atom is -0.494 e. The van der Waals surface area contributed by atoms with Gasteiger partial charge in [-0.1, -0.05) is 31.2 Å². The molecule has 2 amide bonds. The van der Waals surface area contributed by atoms with Crippen LogP contribution in [0.1, 0.15) is 35.6 Å². The molecule has 1 aromatic heterocycles. The van der Waals surface area contributed by atoms with Crippen molar-refractivity contribution in [2.24, 2.45) is 0 Å². The zero-order valence-electron chi connectivity index (χ0n) is 19.1. The van der Waals surface area contributed by atoms with Crippen molar-refractivity contribution in [2.45, 2.75) is 33.7 Å². The number of nitrogens with zero attached hydrogens (tertiary/aromatic N) is 2. The first-order chi connectivity index (χ1) is 16.0. The third kappa shape index (κ3) is 4.80. The number of aryl methyl sites for hydroxylation is 2. The molecule has 0 unspecified atom stereocenters. The minimum absolute atomic E-state index is 0.180. The summed E-state index contributed by atoms with van der Waals surface area (Å²) in [7, 11) is 0. The van der Waals surface area contributed by atoms with E-state index in [1.54, 1.807) is 24.5 Å². The number of aromatic nitrogens is 1. The maximum absolute atomic E-state index is 13.5. The van der Waals surface area contributed by atoms with Crippen molar-refractivity contribution in [1.82, 2.24) is 9.88 Å². The summed E-state index contributed by atoms with van der Waals surface area (Å²) >= 11 is 0. The molecule has 0 aliphatic carbocycles. The number of anilines is 1. The van der Waals surface area contributed by atoms with Crippen LogP contribution in [-0.4, -0.2) is 28.3 Å². The molecule has 0 bridgehead atoms. The van der Waals surface area contributed by atoms with E-state index in [1.807, 2.05) is 63.2 Å². The Labute approximate surface area is 193 Å². The zero-order chi connectivity index (χ0) is 23.4. The smallest absolute Gasteiger partial charge is 0.278 e. The number of pyridine rings is 1. The highest BCUT2D eigenvalue weighted by Gasteiger charge is 2.39. The average Bonchev–Trinajstić information content (AvgIpc) is 3.04. The minimum atomic E-state index is -0.357. The van der Waals surface area contributed by atoms with Gasteiger partial charge in [0.05, 0.1) is 18.7 Å². The van der Waals surface area contributed by atoms with Crippen molar-refractivity contribution in [1.29, 1.82) is 0 Å². The molecule has 0 radical (unpaired) electrons. The van der Waals surface area contributed by atoms with Crippen molar-refractivity contribution < 1.29 is 14.3 Å². The molecule has 1 aliphatic rings. The lowest BCUT2D eigenvalue weighted by atomic mass is 9.99. The molecule has 33 heavy (non-hydrogen) atoms. The van der Waals surface area contributed by atoms with Crippen molar-refractivity contribution >= 4 is 23.1 Å². The van der Waals surface area contributed by atoms with Crippen LogP contribution in [0.5, 0.6) is 5.75 Å². The molecule has 1 N–H and O–H groups in total. The first kappa shape index (κ1) is 22.3. The third-order valence-corrected chi connectivity index (χ3v) is 5.63. The molecule has 4 rings (SSSR count). The van der Waals surface area contributed by atoms with Gasteiger partial charge in [0, 0.05) is 24.1 Å². The van der Waals surface area contributed by atoms with E-state index in [0.717, 1.165) is 28.7 Å². The molecule has 2 aromatic carbocycles. The third-order valence-electron chi connectivity index (χ3n) is 5.63. The van der Waals surface area contributed by atoms with Crippen molar-refractivity contribution in [3.63, 3.8) is 0 Å². The van der Waals surface area contributed by atoms with E-state index in [1.165, 1.54) is 4.90 Å². The Hall–Kier alpha value is -3.93. The van der Waals surface area contributed by atoms with Gasteiger partial charge in [-0.15, -0.1) is 0 Å². The number of carbonyl (C=O) groups is 2. The fourth-order valence-electron chi connectivity index (χ4n) is 3.70. The van der Waals surface area contributed by atoms with Crippen LogP contribution in [0.3, 0.4) is 0 Å². The molecule has 3 aromatic rings. The second-order valence-electron chi connectivity index (χ2n) is 8.10. The topological polar surface area (TPSA) is 71.5 Å². The van der Waals surface area contributed by atoms with Crippen molar-refractivity contribution in [2.75, 3.05) is 11.9 Å². The highest BCUT2D eigenvalue weighted by molar-refractivity contribution is 6.36. The average molecular weight is 442 g/mol. The summed E-state index contributed by atoms with van der Waals surface area (Å²) in [5.41, 5.74) is 5.06. The summed E-state index contributed by atoms with van der Waals surface area (Å²) in [6.45, 7) is 6.85. The fourth-order valence-corrected chi connectivity index (χ4v) is 3.70. The van der Waals surface area contributed by atoms with E-state index < -0.39 is 0 Å². The first-order valence-electron chi connectivity index (χ1n) is 11.0. The molecule has 6 nitrogen and oxygen atoms in total. The lowest BCUT2D eigenvalue weighted by molar-refractivity contribution is -0.137. The molecule has 1 aliphatic heterocycles. The lowest BCUT2D eigenvalue weighted by Gasteiger charge is -2.15. The number of nitrogens with one attached hydrogen (secondary N) is 1. The monoisotopic (exact) mass is 441 g/mol. The lowest BCUT2D eigenvalue weighted by Crippen LogP contribution is -2.32. The molecule has 0 spiro atoms. The van der Waals surface area contributed by atoms with Crippen molar-refractivity contribution in [3.05, 3.63) is 94.9 Å². The van der Waals surface area contributed by atoms with Crippen LogP contribution in [0.15, 0.2) is 72.7 Å². The summed E-state index contributed by atoms with van der Waals surface area (Å²) in [5.74, 6) is 0.0338. The van der Waals surface area contributed by atoms with E-state index in [-0.39, 0.29) is 24.1 Å².